The van der Waals surface area contributed by atoms with Crippen molar-refractivity contribution in [2.24, 2.45) is 0 Å². The van der Waals surface area contributed by atoms with Crippen LogP contribution in [0, 0.1) is 11.6 Å². The molecule has 0 amide bonds. The fourth-order valence-electron chi connectivity index (χ4n) is 1.97. The number of hydrogen-bond donors (Lipinski definition) is 1. The molecule has 0 radical (unpaired) electrons. The Bertz CT molecular complexity index is 572. The van der Waals surface area contributed by atoms with Crippen LogP contribution in [0.5, 0.6) is 0 Å². The zero-order valence-electron chi connectivity index (χ0n) is 10.4. The van der Waals surface area contributed by atoms with Crippen LogP contribution in [0.25, 0.3) is 0 Å². The Morgan fingerprint density at radius 1 is 1.11 bits per heavy atom. The van der Waals surface area contributed by atoms with Gasteiger partial charge in [0.2, 0.25) is 0 Å². The smallest absolute Gasteiger partial charge is 0.162 e. The van der Waals surface area contributed by atoms with E-state index in [2.05, 4.69) is 0 Å². The fraction of sp³-hybridized carbons (Fsp3) is 0.200. The van der Waals surface area contributed by atoms with E-state index in [0.717, 1.165) is 16.5 Å². The minimum Gasteiger partial charge on any atom is -0.388 e. The lowest BCUT2D eigenvalue weighted by molar-refractivity contribution is 0.174. The fourth-order valence-corrected chi connectivity index (χ4v) is 2.62. The predicted octanol–water partition coefficient (Wildman–Crippen LogP) is 3.96. The molecule has 2 aromatic rings. The molecule has 100 valence electrons. The SMILES string of the molecule is CSc1ccccc1C(O)Cc1cccc(F)c1F. The highest BCUT2D eigenvalue weighted by Crippen LogP contribution is 2.28. The van der Waals surface area contributed by atoms with Gasteiger partial charge in [0.15, 0.2) is 11.6 Å². The molecule has 19 heavy (non-hydrogen) atoms. The van der Waals surface area contributed by atoms with Crippen LogP contribution in [0.4, 0.5) is 8.78 Å². The summed E-state index contributed by atoms with van der Waals surface area (Å²) in [7, 11) is 0. The van der Waals surface area contributed by atoms with Gasteiger partial charge in [0.25, 0.3) is 0 Å². The highest BCUT2D eigenvalue weighted by molar-refractivity contribution is 7.98. The number of halogens is 2. The molecule has 1 N–H and O–H groups in total. The van der Waals surface area contributed by atoms with Gasteiger partial charge in [-0.05, 0) is 29.5 Å². The van der Waals surface area contributed by atoms with Crippen molar-refractivity contribution in [2.75, 3.05) is 6.26 Å². The van der Waals surface area contributed by atoms with Gasteiger partial charge >= 0.3 is 0 Å². The van der Waals surface area contributed by atoms with Gasteiger partial charge in [-0.25, -0.2) is 8.78 Å². The normalized spacial score (nSPS) is 12.4. The summed E-state index contributed by atoms with van der Waals surface area (Å²) in [5.74, 6) is -1.77. The van der Waals surface area contributed by atoms with E-state index in [9.17, 15) is 13.9 Å². The molecule has 0 saturated heterocycles. The monoisotopic (exact) mass is 280 g/mol. The molecule has 2 rings (SSSR count). The maximum Gasteiger partial charge on any atom is 0.162 e. The molecule has 0 heterocycles. The van der Waals surface area contributed by atoms with Crippen LogP contribution in [-0.2, 0) is 6.42 Å². The van der Waals surface area contributed by atoms with E-state index in [0.29, 0.717) is 0 Å². The summed E-state index contributed by atoms with van der Waals surface area (Å²) in [6, 6.07) is 11.4. The van der Waals surface area contributed by atoms with Crippen LogP contribution in [0.3, 0.4) is 0 Å². The Balaban J connectivity index is 2.26. The first-order valence-corrected chi connectivity index (χ1v) is 7.10. The molecule has 0 aliphatic heterocycles. The zero-order valence-corrected chi connectivity index (χ0v) is 11.3. The minimum absolute atomic E-state index is 0.0567. The second kappa shape index (κ2) is 6.17. The maximum absolute atomic E-state index is 13.6. The van der Waals surface area contributed by atoms with Crippen molar-refractivity contribution in [3.05, 3.63) is 65.2 Å². The average Bonchev–Trinajstić information content (AvgIpc) is 2.43. The number of hydrogen-bond acceptors (Lipinski definition) is 2. The van der Waals surface area contributed by atoms with Gasteiger partial charge in [-0.3, -0.25) is 0 Å². The molecule has 1 nitrogen and oxygen atoms in total. The van der Waals surface area contributed by atoms with Crippen molar-refractivity contribution in [1.29, 1.82) is 0 Å². The summed E-state index contributed by atoms with van der Waals surface area (Å²) < 4.78 is 26.7. The molecule has 0 aliphatic carbocycles. The Hall–Kier alpha value is -1.39. The number of rotatable bonds is 4. The standard InChI is InChI=1S/C15H14F2OS/c1-19-14-8-3-2-6-11(14)13(18)9-10-5-4-7-12(16)15(10)17/h2-8,13,18H,9H2,1H3. The van der Waals surface area contributed by atoms with Crippen LogP contribution in [0.1, 0.15) is 17.2 Å². The summed E-state index contributed by atoms with van der Waals surface area (Å²) >= 11 is 1.51. The maximum atomic E-state index is 13.6. The molecule has 1 unspecified atom stereocenters. The van der Waals surface area contributed by atoms with E-state index in [4.69, 9.17) is 0 Å². The Kier molecular flexibility index (Phi) is 4.56. The second-order valence-electron chi connectivity index (χ2n) is 4.17. The van der Waals surface area contributed by atoms with Gasteiger partial charge in [0.1, 0.15) is 0 Å². The van der Waals surface area contributed by atoms with Crippen molar-refractivity contribution < 1.29 is 13.9 Å². The van der Waals surface area contributed by atoms with Crippen molar-refractivity contribution in [3.63, 3.8) is 0 Å². The van der Waals surface area contributed by atoms with Crippen LogP contribution in [0.15, 0.2) is 47.4 Å². The molecule has 0 saturated carbocycles. The van der Waals surface area contributed by atoms with Gasteiger partial charge in [-0.1, -0.05) is 30.3 Å². The first-order valence-electron chi connectivity index (χ1n) is 5.87. The van der Waals surface area contributed by atoms with Crippen LogP contribution in [-0.4, -0.2) is 11.4 Å². The van der Waals surface area contributed by atoms with Crippen molar-refractivity contribution in [1.82, 2.24) is 0 Å². The average molecular weight is 280 g/mol. The van der Waals surface area contributed by atoms with Crippen molar-refractivity contribution in [2.45, 2.75) is 17.4 Å². The predicted molar refractivity (Wildman–Crippen MR) is 73.2 cm³/mol. The summed E-state index contributed by atoms with van der Waals surface area (Å²) in [6.45, 7) is 0. The van der Waals surface area contributed by atoms with Crippen LogP contribution in [0.2, 0.25) is 0 Å². The Morgan fingerprint density at radius 3 is 2.58 bits per heavy atom. The third-order valence-corrected chi connectivity index (χ3v) is 3.75. The van der Waals surface area contributed by atoms with Crippen LogP contribution >= 0.6 is 11.8 Å². The highest BCUT2D eigenvalue weighted by Gasteiger charge is 2.16. The van der Waals surface area contributed by atoms with Gasteiger partial charge in [0, 0.05) is 11.3 Å². The second-order valence-corrected chi connectivity index (χ2v) is 5.02. The molecular weight excluding hydrogens is 266 g/mol. The highest BCUT2D eigenvalue weighted by atomic mass is 32.2. The number of benzene rings is 2. The molecule has 0 fully saturated rings. The third kappa shape index (κ3) is 3.14. The van der Waals surface area contributed by atoms with Crippen molar-refractivity contribution in [3.8, 4) is 0 Å². The molecule has 0 aromatic heterocycles. The van der Waals surface area contributed by atoms with Gasteiger partial charge in [0.05, 0.1) is 6.10 Å². The molecule has 0 spiro atoms. The van der Waals surface area contributed by atoms with E-state index in [-0.39, 0.29) is 12.0 Å². The Labute approximate surface area is 115 Å². The van der Waals surface area contributed by atoms with E-state index in [1.807, 2.05) is 24.5 Å². The lowest BCUT2D eigenvalue weighted by Gasteiger charge is -2.15. The minimum atomic E-state index is -0.886. The van der Waals surface area contributed by atoms with E-state index in [1.165, 1.54) is 23.9 Å². The quantitative estimate of drug-likeness (QED) is 0.855. The lowest BCUT2D eigenvalue weighted by Crippen LogP contribution is -2.05. The Morgan fingerprint density at radius 2 is 1.84 bits per heavy atom. The lowest BCUT2D eigenvalue weighted by atomic mass is 10.0. The number of aliphatic hydroxyl groups is 1. The zero-order chi connectivity index (χ0) is 13.8. The molecule has 1 atom stereocenters. The first kappa shape index (κ1) is 14.0. The summed E-state index contributed by atoms with van der Waals surface area (Å²) in [6.07, 6.45) is 1.12. The number of thioether (sulfide) groups is 1. The van der Waals surface area contributed by atoms with E-state index in [1.54, 1.807) is 6.07 Å². The topological polar surface area (TPSA) is 20.2 Å². The summed E-state index contributed by atoms with van der Waals surface area (Å²) in [5.41, 5.74) is 0.919. The summed E-state index contributed by atoms with van der Waals surface area (Å²) in [4.78, 5) is 0.937. The molecule has 0 bridgehead atoms. The molecule has 2 aromatic carbocycles. The van der Waals surface area contributed by atoms with Crippen LogP contribution < -0.4 is 0 Å². The van der Waals surface area contributed by atoms with E-state index >= 15 is 0 Å². The summed E-state index contributed by atoms with van der Waals surface area (Å²) in [5, 5.41) is 10.2. The number of aliphatic hydroxyl groups excluding tert-OH is 1. The van der Waals surface area contributed by atoms with Gasteiger partial charge < -0.3 is 5.11 Å². The molecular formula is C15H14F2OS. The van der Waals surface area contributed by atoms with Gasteiger partial charge in [-0.15, -0.1) is 11.8 Å². The molecule has 4 heteroatoms. The largest absolute Gasteiger partial charge is 0.388 e. The third-order valence-electron chi connectivity index (χ3n) is 2.94. The molecule has 0 aliphatic rings. The van der Waals surface area contributed by atoms with Crippen molar-refractivity contribution >= 4 is 11.8 Å². The van der Waals surface area contributed by atoms with Gasteiger partial charge in [-0.2, -0.15) is 0 Å². The first-order chi connectivity index (χ1) is 9.13. The van der Waals surface area contributed by atoms with E-state index < -0.39 is 17.7 Å².